The van der Waals surface area contributed by atoms with Crippen molar-refractivity contribution in [2.24, 2.45) is 5.92 Å². The van der Waals surface area contributed by atoms with Gasteiger partial charge in [0, 0.05) is 5.56 Å². The van der Waals surface area contributed by atoms with E-state index in [1.807, 2.05) is 23.9 Å². The van der Waals surface area contributed by atoms with Crippen LogP contribution in [0.3, 0.4) is 0 Å². The van der Waals surface area contributed by atoms with Crippen LogP contribution in [0.25, 0.3) is 0 Å². The molecule has 19 heavy (non-hydrogen) atoms. The molecule has 0 spiro atoms. The summed E-state index contributed by atoms with van der Waals surface area (Å²) in [4.78, 5) is 12.1. The SMILES string of the molecule is CC(C)c1ccc(C(=O)CSCC2CCCC2)cc1. The lowest BCUT2D eigenvalue weighted by Crippen LogP contribution is -2.06. The summed E-state index contributed by atoms with van der Waals surface area (Å²) in [5.74, 6) is 3.47. The maximum absolute atomic E-state index is 12.1. The molecule has 1 nitrogen and oxygen atoms in total. The highest BCUT2D eigenvalue weighted by Crippen LogP contribution is 2.28. The van der Waals surface area contributed by atoms with Crippen LogP contribution in [0.2, 0.25) is 0 Å². The van der Waals surface area contributed by atoms with Crippen LogP contribution in [0.15, 0.2) is 24.3 Å². The molecule has 1 aliphatic carbocycles. The summed E-state index contributed by atoms with van der Waals surface area (Å²) in [6, 6.07) is 8.13. The number of benzene rings is 1. The van der Waals surface area contributed by atoms with Crippen LogP contribution >= 0.6 is 11.8 Å². The van der Waals surface area contributed by atoms with Gasteiger partial charge < -0.3 is 0 Å². The first kappa shape index (κ1) is 14.6. The molecule has 1 aliphatic rings. The lowest BCUT2D eigenvalue weighted by atomic mass is 10.0. The van der Waals surface area contributed by atoms with E-state index in [2.05, 4.69) is 26.0 Å². The summed E-state index contributed by atoms with van der Waals surface area (Å²) < 4.78 is 0. The molecule has 104 valence electrons. The first-order chi connectivity index (χ1) is 9.16. The second-order valence-corrected chi connectivity index (χ2v) is 6.90. The number of thioether (sulfide) groups is 1. The Labute approximate surface area is 121 Å². The molecule has 2 heteroatoms. The Hall–Kier alpha value is -0.760. The third-order valence-corrected chi connectivity index (χ3v) is 5.13. The lowest BCUT2D eigenvalue weighted by Gasteiger charge is -2.08. The van der Waals surface area contributed by atoms with Gasteiger partial charge in [-0.3, -0.25) is 4.79 Å². The minimum absolute atomic E-state index is 0.276. The largest absolute Gasteiger partial charge is 0.293 e. The van der Waals surface area contributed by atoms with Gasteiger partial charge in [-0.1, -0.05) is 51.0 Å². The molecule has 0 unspecified atom stereocenters. The zero-order valence-corrected chi connectivity index (χ0v) is 12.8. The molecule has 1 aromatic rings. The summed E-state index contributed by atoms with van der Waals surface area (Å²) in [5.41, 5.74) is 2.17. The van der Waals surface area contributed by atoms with Crippen molar-refractivity contribution >= 4 is 17.5 Å². The molecule has 0 aliphatic heterocycles. The number of hydrogen-bond donors (Lipinski definition) is 0. The molecule has 1 aromatic carbocycles. The topological polar surface area (TPSA) is 17.1 Å². The van der Waals surface area contributed by atoms with Crippen LogP contribution in [0.1, 0.15) is 61.4 Å². The highest BCUT2D eigenvalue weighted by Gasteiger charge is 2.15. The van der Waals surface area contributed by atoms with E-state index in [1.165, 1.54) is 31.2 Å². The van der Waals surface area contributed by atoms with Gasteiger partial charge >= 0.3 is 0 Å². The number of Topliss-reactive ketones (excluding diaryl/α,β-unsaturated/α-hetero) is 1. The van der Waals surface area contributed by atoms with Crippen LogP contribution in [0.5, 0.6) is 0 Å². The van der Waals surface area contributed by atoms with E-state index in [1.54, 1.807) is 0 Å². The van der Waals surface area contributed by atoms with Crippen molar-refractivity contribution in [3.8, 4) is 0 Å². The standard InChI is InChI=1S/C17H24OS/c1-13(2)15-7-9-16(10-8-15)17(18)12-19-11-14-5-3-4-6-14/h7-10,13-14H,3-6,11-12H2,1-2H3. The summed E-state index contributed by atoms with van der Waals surface area (Å²) >= 11 is 1.81. The van der Waals surface area contributed by atoms with Gasteiger partial charge in [0.1, 0.15) is 0 Å². The normalized spacial score (nSPS) is 16.2. The van der Waals surface area contributed by atoms with Gasteiger partial charge in [0.05, 0.1) is 5.75 Å². The monoisotopic (exact) mass is 276 g/mol. The van der Waals surface area contributed by atoms with Crippen LogP contribution in [-0.2, 0) is 0 Å². The minimum Gasteiger partial charge on any atom is -0.293 e. The van der Waals surface area contributed by atoms with E-state index >= 15 is 0 Å². The van der Waals surface area contributed by atoms with Crippen molar-refractivity contribution in [1.82, 2.24) is 0 Å². The number of ketones is 1. The van der Waals surface area contributed by atoms with Crippen LogP contribution in [0, 0.1) is 5.92 Å². The zero-order valence-electron chi connectivity index (χ0n) is 12.0. The van der Waals surface area contributed by atoms with E-state index in [-0.39, 0.29) is 5.78 Å². The molecule has 1 saturated carbocycles. The predicted octanol–water partition coefficient (Wildman–Crippen LogP) is 4.92. The fourth-order valence-electron chi connectivity index (χ4n) is 2.63. The van der Waals surface area contributed by atoms with E-state index in [0.29, 0.717) is 11.7 Å². The Kier molecular flexibility index (Phi) is 5.50. The average Bonchev–Trinajstić information content (AvgIpc) is 2.92. The predicted molar refractivity (Wildman–Crippen MR) is 84.1 cm³/mol. The van der Waals surface area contributed by atoms with E-state index < -0.39 is 0 Å². The number of carbonyl (C=O) groups excluding carboxylic acids is 1. The second kappa shape index (κ2) is 7.14. The molecule has 0 aromatic heterocycles. The lowest BCUT2D eigenvalue weighted by molar-refractivity contribution is 0.102. The van der Waals surface area contributed by atoms with Gasteiger partial charge in [0.2, 0.25) is 0 Å². The van der Waals surface area contributed by atoms with Gasteiger partial charge in [-0.15, -0.1) is 0 Å². The Morgan fingerprint density at radius 2 is 1.84 bits per heavy atom. The molecule has 0 atom stereocenters. The van der Waals surface area contributed by atoms with Gasteiger partial charge in [-0.25, -0.2) is 0 Å². The molecular weight excluding hydrogens is 252 g/mol. The van der Waals surface area contributed by atoms with Crippen LogP contribution < -0.4 is 0 Å². The minimum atomic E-state index is 0.276. The molecular formula is C17H24OS. The summed E-state index contributed by atoms with van der Waals surface area (Å²) in [5, 5.41) is 0. The molecule has 0 heterocycles. The van der Waals surface area contributed by atoms with Crippen molar-refractivity contribution in [3.05, 3.63) is 35.4 Å². The first-order valence-corrected chi connectivity index (χ1v) is 8.53. The maximum atomic E-state index is 12.1. The number of carbonyl (C=O) groups is 1. The number of hydrogen-bond acceptors (Lipinski definition) is 2. The summed E-state index contributed by atoms with van der Waals surface area (Å²) in [6.45, 7) is 4.35. The average molecular weight is 276 g/mol. The fourth-order valence-corrected chi connectivity index (χ4v) is 3.77. The fraction of sp³-hybridized carbons (Fsp3) is 0.588. The molecule has 2 rings (SSSR count). The molecule has 1 fully saturated rings. The van der Waals surface area contributed by atoms with Gasteiger partial charge in [0.25, 0.3) is 0 Å². The Morgan fingerprint density at radius 1 is 1.21 bits per heavy atom. The zero-order chi connectivity index (χ0) is 13.7. The third kappa shape index (κ3) is 4.38. The van der Waals surface area contributed by atoms with Crippen molar-refractivity contribution in [1.29, 1.82) is 0 Å². The molecule has 0 bridgehead atoms. The smallest absolute Gasteiger partial charge is 0.172 e. The highest BCUT2D eigenvalue weighted by molar-refractivity contribution is 7.99. The third-order valence-electron chi connectivity index (χ3n) is 3.96. The van der Waals surface area contributed by atoms with Gasteiger partial charge in [0.15, 0.2) is 5.78 Å². The van der Waals surface area contributed by atoms with E-state index in [9.17, 15) is 4.79 Å². The molecule has 0 saturated heterocycles. The Morgan fingerprint density at radius 3 is 2.42 bits per heavy atom. The summed E-state index contributed by atoms with van der Waals surface area (Å²) in [6.07, 6.45) is 5.50. The van der Waals surface area contributed by atoms with Gasteiger partial charge in [-0.2, -0.15) is 11.8 Å². The van der Waals surface area contributed by atoms with Crippen molar-refractivity contribution in [2.45, 2.75) is 45.4 Å². The van der Waals surface area contributed by atoms with Crippen LogP contribution in [0.4, 0.5) is 0 Å². The summed E-state index contributed by atoms with van der Waals surface area (Å²) in [7, 11) is 0. The Bertz CT molecular complexity index is 402. The van der Waals surface area contributed by atoms with Crippen molar-refractivity contribution < 1.29 is 4.79 Å². The van der Waals surface area contributed by atoms with E-state index in [0.717, 1.165) is 17.2 Å². The molecule has 0 amide bonds. The van der Waals surface area contributed by atoms with Crippen LogP contribution in [-0.4, -0.2) is 17.3 Å². The Balaban J connectivity index is 1.78. The van der Waals surface area contributed by atoms with Crippen molar-refractivity contribution in [3.63, 3.8) is 0 Å². The maximum Gasteiger partial charge on any atom is 0.172 e. The second-order valence-electron chi connectivity index (χ2n) is 5.87. The quantitative estimate of drug-likeness (QED) is 0.686. The molecule has 0 N–H and O–H groups in total. The number of rotatable bonds is 6. The van der Waals surface area contributed by atoms with Crippen molar-refractivity contribution in [2.75, 3.05) is 11.5 Å². The first-order valence-electron chi connectivity index (χ1n) is 7.37. The van der Waals surface area contributed by atoms with E-state index in [4.69, 9.17) is 0 Å². The van der Waals surface area contributed by atoms with Gasteiger partial charge in [-0.05, 0) is 36.0 Å². The molecule has 0 radical (unpaired) electrons. The highest BCUT2D eigenvalue weighted by atomic mass is 32.2.